The first kappa shape index (κ1) is 18.1. The van der Waals surface area contributed by atoms with Gasteiger partial charge in [0.25, 0.3) is 5.91 Å². The van der Waals surface area contributed by atoms with Crippen LogP contribution in [0.2, 0.25) is 0 Å². The zero-order chi connectivity index (χ0) is 18.4. The van der Waals surface area contributed by atoms with Gasteiger partial charge in [0.1, 0.15) is 5.82 Å². The third-order valence-corrected chi connectivity index (χ3v) is 3.49. The third kappa shape index (κ3) is 4.63. The largest absolute Gasteiger partial charge is 0.452 e. The van der Waals surface area contributed by atoms with Crippen LogP contribution in [0.5, 0.6) is 0 Å². The van der Waals surface area contributed by atoms with E-state index in [1.807, 2.05) is 0 Å². The van der Waals surface area contributed by atoms with Gasteiger partial charge < -0.3 is 15.4 Å². The first-order valence-corrected chi connectivity index (χ1v) is 7.55. The molecule has 0 saturated carbocycles. The SMILES string of the molecule is CCN(C(=O)COC(=O)c1ccc(C(N)=O)cc1)c1ccc(F)cc1. The quantitative estimate of drug-likeness (QED) is 0.813. The van der Waals surface area contributed by atoms with Crippen LogP contribution >= 0.6 is 0 Å². The van der Waals surface area contributed by atoms with Crippen LogP contribution in [0.25, 0.3) is 0 Å². The molecule has 0 atom stereocenters. The minimum atomic E-state index is -0.695. The number of likely N-dealkylation sites (N-methyl/N-ethyl adjacent to an activating group) is 1. The smallest absolute Gasteiger partial charge is 0.338 e. The van der Waals surface area contributed by atoms with Crippen molar-refractivity contribution in [3.05, 3.63) is 65.5 Å². The maximum Gasteiger partial charge on any atom is 0.338 e. The second kappa shape index (κ2) is 8.05. The van der Waals surface area contributed by atoms with Crippen molar-refractivity contribution in [1.82, 2.24) is 0 Å². The van der Waals surface area contributed by atoms with E-state index in [1.165, 1.54) is 53.4 Å². The van der Waals surface area contributed by atoms with E-state index in [0.717, 1.165) is 0 Å². The fourth-order valence-corrected chi connectivity index (χ4v) is 2.18. The summed E-state index contributed by atoms with van der Waals surface area (Å²) in [4.78, 5) is 36.6. The van der Waals surface area contributed by atoms with Crippen molar-refractivity contribution < 1.29 is 23.5 Å². The maximum absolute atomic E-state index is 13.0. The molecule has 0 aromatic heterocycles. The standard InChI is InChI=1S/C18H17FN2O4/c1-2-21(15-9-7-14(19)8-10-15)16(22)11-25-18(24)13-5-3-12(4-6-13)17(20)23/h3-10H,2,11H2,1H3,(H2,20,23). The Morgan fingerprint density at radius 1 is 1.00 bits per heavy atom. The molecule has 2 amide bonds. The molecule has 130 valence electrons. The fraction of sp³-hybridized carbons (Fsp3) is 0.167. The van der Waals surface area contributed by atoms with Crippen molar-refractivity contribution in [2.45, 2.75) is 6.92 Å². The predicted molar refractivity (Wildman–Crippen MR) is 89.7 cm³/mol. The number of hydrogen-bond donors (Lipinski definition) is 1. The lowest BCUT2D eigenvalue weighted by Gasteiger charge is -2.20. The van der Waals surface area contributed by atoms with E-state index < -0.39 is 30.2 Å². The number of nitrogens with two attached hydrogens (primary N) is 1. The van der Waals surface area contributed by atoms with E-state index in [4.69, 9.17) is 10.5 Å². The second-order valence-corrected chi connectivity index (χ2v) is 5.13. The number of amides is 2. The molecule has 0 saturated heterocycles. The molecule has 0 aliphatic rings. The number of carbonyl (C=O) groups is 3. The number of halogens is 1. The van der Waals surface area contributed by atoms with E-state index >= 15 is 0 Å². The van der Waals surface area contributed by atoms with Crippen LogP contribution in [0.15, 0.2) is 48.5 Å². The minimum Gasteiger partial charge on any atom is -0.452 e. The summed E-state index contributed by atoms with van der Waals surface area (Å²) in [6.45, 7) is 1.64. The molecular formula is C18H17FN2O4. The number of benzene rings is 2. The van der Waals surface area contributed by atoms with Crippen molar-refractivity contribution in [1.29, 1.82) is 0 Å². The van der Waals surface area contributed by atoms with Gasteiger partial charge in [0, 0.05) is 17.8 Å². The van der Waals surface area contributed by atoms with Gasteiger partial charge in [-0.3, -0.25) is 9.59 Å². The number of esters is 1. The average molecular weight is 344 g/mol. The Balaban J connectivity index is 1.98. The molecule has 0 heterocycles. The Bertz CT molecular complexity index is 773. The van der Waals surface area contributed by atoms with Gasteiger partial charge in [0.2, 0.25) is 5.91 Å². The van der Waals surface area contributed by atoms with Crippen molar-refractivity contribution in [3.8, 4) is 0 Å². The number of primary amides is 1. The van der Waals surface area contributed by atoms with Gasteiger partial charge in [-0.2, -0.15) is 0 Å². The second-order valence-electron chi connectivity index (χ2n) is 5.13. The van der Waals surface area contributed by atoms with Gasteiger partial charge in [0.05, 0.1) is 5.56 Å². The average Bonchev–Trinajstić information content (AvgIpc) is 2.62. The number of anilines is 1. The molecular weight excluding hydrogens is 327 g/mol. The summed E-state index contributed by atoms with van der Waals surface area (Å²) in [7, 11) is 0. The van der Waals surface area contributed by atoms with Gasteiger partial charge in [-0.05, 0) is 55.5 Å². The monoisotopic (exact) mass is 344 g/mol. The molecule has 0 radical (unpaired) electrons. The number of nitrogens with zero attached hydrogens (tertiary/aromatic N) is 1. The molecule has 25 heavy (non-hydrogen) atoms. The lowest BCUT2D eigenvalue weighted by atomic mass is 10.1. The van der Waals surface area contributed by atoms with E-state index in [9.17, 15) is 18.8 Å². The first-order valence-electron chi connectivity index (χ1n) is 7.55. The van der Waals surface area contributed by atoms with E-state index in [-0.39, 0.29) is 11.1 Å². The van der Waals surface area contributed by atoms with Crippen LogP contribution in [-0.4, -0.2) is 30.9 Å². The fourth-order valence-electron chi connectivity index (χ4n) is 2.18. The summed E-state index contributed by atoms with van der Waals surface area (Å²) >= 11 is 0. The molecule has 0 fully saturated rings. The van der Waals surface area contributed by atoms with Crippen LogP contribution in [0.4, 0.5) is 10.1 Å². The summed E-state index contributed by atoms with van der Waals surface area (Å²) in [5, 5.41) is 0. The van der Waals surface area contributed by atoms with Crippen molar-refractivity contribution in [2.75, 3.05) is 18.1 Å². The molecule has 7 heteroatoms. The summed E-state index contributed by atoms with van der Waals surface area (Å²) in [6, 6.07) is 11.0. The summed E-state index contributed by atoms with van der Waals surface area (Å²) in [6.07, 6.45) is 0. The molecule has 6 nitrogen and oxygen atoms in total. The highest BCUT2D eigenvalue weighted by Gasteiger charge is 2.17. The lowest BCUT2D eigenvalue weighted by molar-refractivity contribution is -0.121. The van der Waals surface area contributed by atoms with Crippen LogP contribution in [0.3, 0.4) is 0 Å². The van der Waals surface area contributed by atoms with Gasteiger partial charge in [-0.1, -0.05) is 0 Å². The highest BCUT2D eigenvalue weighted by molar-refractivity contribution is 5.98. The number of hydrogen-bond acceptors (Lipinski definition) is 4. The molecule has 0 spiro atoms. The van der Waals surface area contributed by atoms with Gasteiger partial charge in [-0.15, -0.1) is 0 Å². The lowest BCUT2D eigenvalue weighted by Crippen LogP contribution is -2.34. The molecule has 2 rings (SSSR count). The first-order chi connectivity index (χ1) is 11.9. The number of carbonyl (C=O) groups excluding carboxylic acids is 3. The van der Waals surface area contributed by atoms with E-state index in [1.54, 1.807) is 6.92 Å². The Labute approximate surface area is 144 Å². The molecule has 2 aromatic carbocycles. The van der Waals surface area contributed by atoms with Crippen LogP contribution in [0, 0.1) is 5.82 Å². The van der Waals surface area contributed by atoms with Crippen molar-refractivity contribution in [2.24, 2.45) is 5.73 Å². The topological polar surface area (TPSA) is 89.7 Å². The van der Waals surface area contributed by atoms with E-state index in [0.29, 0.717) is 12.2 Å². The summed E-state index contributed by atoms with van der Waals surface area (Å²) in [5.41, 5.74) is 6.09. The van der Waals surface area contributed by atoms with E-state index in [2.05, 4.69) is 0 Å². The zero-order valence-corrected chi connectivity index (χ0v) is 13.6. The Morgan fingerprint density at radius 2 is 1.56 bits per heavy atom. The Morgan fingerprint density at radius 3 is 2.08 bits per heavy atom. The highest BCUT2D eigenvalue weighted by Crippen LogP contribution is 2.15. The van der Waals surface area contributed by atoms with Crippen LogP contribution in [0.1, 0.15) is 27.6 Å². The molecule has 2 aromatic rings. The number of ether oxygens (including phenoxy) is 1. The Hall–Kier alpha value is -3.22. The zero-order valence-electron chi connectivity index (χ0n) is 13.6. The molecule has 0 unspecified atom stereocenters. The van der Waals surface area contributed by atoms with Gasteiger partial charge >= 0.3 is 5.97 Å². The Kier molecular flexibility index (Phi) is 5.84. The summed E-state index contributed by atoms with van der Waals surface area (Å²) in [5.74, 6) is -2.14. The van der Waals surface area contributed by atoms with Crippen LogP contribution < -0.4 is 10.6 Å². The van der Waals surface area contributed by atoms with Crippen LogP contribution in [-0.2, 0) is 9.53 Å². The third-order valence-electron chi connectivity index (χ3n) is 3.49. The van der Waals surface area contributed by atoms with Gasteiger partial charge in [-0.25, -0.2) is 9.18 Å². The minimum absolute atomic E-state index is 0.197. The summed E-state index contributed by atoms with van der Waals surface area (Å²) < 4.78 is 18.0. The van der Waals surface area contributed by atoms with Gasteiger partial charge in [0.15, 0.2) is 6.61 Å². The molecule has 0 aliphatic carbocycles. The molecule has 0 bridgehead atoms. The van der Waals surface area contributed by atoms with Crippen molar-refractivity contribution in [3.63, 3.8) is 0 Å². The van der Waals surface area contributed by atoms with Crippen molar-refractivity contribution >= 4 is 23.5 Å². The maximum atomic E-state index is 13.0. The normalized spacial score (nSPS) is 10.2. The molecule has 2 N–H and O–H groups in total. The predicted octanol–water partition coefficient (Wildman–Crippen LogP) is 2.13. The highest BCUT2D eigenvalue weighted by atomic mass is 19.1. The molecule has 0 aliphatic heterocycles. The number of rotatable bonds is 6.